The third kappa shape index (κ3) is 3.64. The van der Waals surface area contributed by atoms with Crippen molar-refractivity contribution in [3.63, 3.8) is 0 Å². The molecule has 2 aliphatic rings. The normalized spacial score (nSPS) is 24.8. The summed E-state index contributed by atoms with van der Waals surface area (Å²) < 4.78 is 29.1. The summed E-state index contributed by atoms with van der Waals surface area (Å²) in [4.78, 5) is 17.3. The summed E-state index contributed by atoms with van der Waals surface area (Å²) in [7, 11) is -3.87. The van der Waals surface area contributed by atoms with E-state index in [9.17, 15) is 13.2 Å². The van der Waals surface area contributed by atoms with E-state index in [0.717, 1.165) is 38.3 Å². The van der Waals surface area contributed by atoms with Gasteiger partial charge in [-0.3, -0.25) is 9.69 Å². The van der Waals surface area contributed by atoms with E-state index in [-0.39, 0.29) is 16.8 Å². The van der Waals surface area contributed by atoms with Crippen LogP contribution in [-0.2, 0) is 14.8 Å². The highest BCUT2D eigenvalue weighted by molar-refractivity contribution is 7.89. The first kappa shape index (κ1) is 19.3. The summed E-state index contributed by atoms with van der Waals surface area (Å²) in [5, 5.41) is 5.32. The number of nitrogens with two attached hydrogens (primary N) is 1. The van der Waals surface area contributed by atoms with Gasteiger partial charge in [0.25, 0.3) is 5.91 Å². The lowest BCUT2D eigenvalue weighted by atomic mass is 10.0. The number of primary sulfonamides is 1. The molecule has 2 heterocycles. The van der Waals surface area contributed by atoms with Crippen molar-refractivity contribution in [3.05, 3.63) is 28.8 Å². The topological polar surface area (TPSA) is 92.9 Å². The SMILES string of the molecule is Cc1cc(C(=O)N2CC[C@@H](N3CCOCC3)[C@H]2C)cc(S(N)(=O)=O)c1C. The summed E-state index contributed by atoms with van der Waals surface area (Å²) in [6.07, 6.45) is 0.916. The van der Waals surface area contributed by atoms with Gasteiger partial charge in [0, 0.05) is 37.3 Å². The van der Waals surface area contributed by atoms with E-state index in [2.05, 4.69) is 11.8 Å². The van der Waals surface area contributed by atoms with Gasteiger partial charge >= 0.3 is 0 Å². The van der Waals surface area contributed by atoms with E-state index in [1.165, 1.54) is 6.07 Å². The molecule has 0 spiro atoms. The number of hydrogen-bond acceptors (Lipinski definition) is 5. The highest BCUT2D eigenvalue weighted by Gasteiger charge is 2.38. The van der Waals surface area contributed by atoms with Gasteiger partial charge in [0.15, 0.2) is 0 Å². The molecular formula is C18H27N3O4S. The lowest BCUT2D eigenvalue weighted by molar-refractivity contribution is 0.0104. The van der Waals surface area contributed by atoms with Crippen molar-refractivity contribution >= 4 is 15.9 Å². The van der Waals surface area contributed by atoms with E-state index in [1.807, 2.05) is 4.90 Å². The minimum absolute atomic E-state index is 0.0254. The highest BCUT2D eigenvalue weighted by Crippen LogP contribution is 2.27. The Morgan fingerprint density at radius 2 is 1.85 bits per heavy atom. The summed E-state index contributed by atoms with van der Waals surface area (Å²) >= 11 is 0. The molecule has 0 aromatic heterocycles. The fourth-order valence-electron chi connectivity index (χ4n) is 4.02. The standard InChI is InChI=1S/C18H27N3O4S/c1-12-10-15(11-17(13(12)2)26(19,23)24)18(22)21-5-4-16(14(21)3)20-6-8-25-9-7-20/h10-11,14,16H,4-9H2,1-3H3,(H2,19,23,24)/t14-,16-/m1/s1. The Labute approximate surface area is 155 Å². The van der Waals surface area contributed by atoms with Gasteiger partial charge < -0.3 is 9.64 Å². The second-order valence-corrected chi connectivity index (χ2v) is 8.73. The third-order valence-corrected chi connectivity index (χ3v) is 6.70. The Morgan fingerprint density at radius 1 is 1.19 bits per heavy atom. The molecule has 7 nitrogen and oxygen atoms in total. The van der Waals surface area contributed by atoms with E-state index in [4.69, 9.17) is 9.88 Å². The average molecular weight is 381 g/mol. The molecule has 2 atom stereocenters. The molecular weight excluding hydrogens is 354 g/mol. The number of amides is 1. The van der Waals surface area contributed by atoms with Crippen LogP contribution >= 0.6 is 0 Å². The predicted molar refractivity (Wildman–Crippen MR) is 98.6 cm³/mol. The summed E-state index contributed by atoms with van der Waals surface area (Å²) in [6.45, 7) is 9.46. The maximum atomic E-state index is 13.1. The van der Waals surface area contributed by atoms with Gasteiger partial charge in [-0.15, -0.1) is 0 Å². The zero-order chi connectivity index (χ0) is 19.1. The molecule has 2 saturated heterocycles. The van der Waals surface area contributed by atoms with Crippen molar-refractivity contribution in [1.29, 1.82) is 0 Å². The van der Waals surface area contributed by atoms with Crippen LogP contribution in [0, 0.1) is 13.8 Å². The number of carbonyl (C=O) groups is 1. The Kier molecular flexibility index (Phi) is 5.39. The Balaban J connectivity index is 1.85. The van der Waals surface area contributed by atoms with Gasteiger partial charge in [-0.2, -0.15) is 0 Å². The van der Waals surface area contributed by atoms with Gasteiger partial charge in [-0.1, -0.05) is 0 Å². The number of carbonyl (C=O) groups excluding carboxylic acids is 1. The lowest BCUT2D eigenvalue weighted by Gasteiger charge is -2.35. The number of sulfonamides is 1. The van der Waals surface area contributed by atoms with Crippen LogP contribution in [0.25, 0.3) is 0 Å². The third-order valence-electron chi connectivity index (χ3n) is 5.66. The molecule has 2 fully saturated rings. The van der Waals surface area contributed by atoms with Crippen LogP contribution in [0.4, 0.5) is 0 Å². The Bertz CT molecular complexity index is 803. The molecule has 144 valence electrons. The highest BCUT2D eigenvalue weighted by atomic mass is 32.2. The number of nitrogens with zero attached hydrogens (tertiary/aromatic N) is 2. The molecule has 1 aromatic rings. The summed E-state index contributed by atoms with van der Waals surface area (Å²) in [5.41, 5.74) is 1.72. The monoisotopic (exact) mass is 381 g/mol. The molecule has 26 heavy (non-hydrogen) atoms. The molecule has 0 bridgehead atoms. The second-order valence-electron chi connectivity index (χ2n) is 7.20. The first-order valence-corrected chi connectivity index (χ1v) is 10.5. The van der Waals surface area contributed by atoms with Gasteiger partial charge in [0.05, 0.1) is 18.1 Å². The molecule has 0 aliphatic carbocycles. The molecule has 1 aromatic carbocycles. The van der Waals surface area contributed by atoms with E-state index in [0.29, 0.717) is 23.7 Å². The van der Waals surface area contributed by atoms with Crippen LogP contribution in [-0.4, -0.2) is 69.1 Å². The van der Waals surface area contributed by atoms with Crippen LogP contribution < -0.4 is 5.14 Å². The molecule has 2 N–H and O–H groups in total. The second kappa shape index (κ2) is 7.26. The fraction of sp³-hybridized carbons (Fsp3) is 0.611. The zero-order valence-corrected chi connectivity index (χ0v) is 16.4. The first-order valence-electron chi connectivity index (χ1n) is 8.97. The molecule has 1 amide bonds. The molecule has 0 saturated carbocycles. The van der Waals surface area contributed by atoms with E-state index < -0.39 is 10.0 Å². The minimum atomic E-state index is -3.87. The van der Waals surface area contributed by atoms with Gasteiger partial charge in [-0.05, 0) is 50.5 Å². The predicted octanol–water partition coefficient (Wildman–Crippen LogP) is 0.886. The maximum Gasteiger partial charge on any atom is 0.254 e. The first-order chi connectivity index (χ1) is 12.2. The Morgan fingerprint density at radius 3 is 2.46 bits per heavy atom. The lowest BCUT2D eigenvalue weighted by Crippen LogP contribution is -2.49. The number of ether oxygens (including phenoxy) is 1. The number of benzene rings is 1. The van der Waals surface area contributed by atoms with Crippen LogP contribution in [0.3, 0.4) is 0 Å². The molecule has 8 heteroatoms. The van der Waals surface area contributed by atoms with E-state index >= 15 is 0 Å². The molecule has 0 radical (unpaired) electrons. The molecule has 3 rings (SSSR count). The fourth-order valence-corrected chi connectivity index (χ4v) is 4.90. The van der Waals surface area contributed by atoms with Crippen molar-refractivity contribution in [2.45, 2.75) is 44.2 Å². The van der Waals surface area contributed by atoms with Gasteiger partial charge in [0.2, 0.25) is 10.0 Å². The van der Waals surface area contributed by atoms with Crippen molar-refractivity contribution in [1.82, 2.24) is 9.80 Å². The minimum Gasteiger partial charge on any atom is -0.379 e. The summed E-state index contributed by atoms with van der Waals surface area (Å²) in [5.74, 6) is -0.138. The molecule has 2 aliphatic heterocycles. The van der Waals surface area contributed by atoms with Crippen LogP contribution in [0.5, 0.6) is 0 Å². The van der Waals surface area contributed by atoms with Crippen molar-refractivity contribution < 1.29 is 17.9 Å². The number of likely N-dealkylation sites (tertiary alicyclic amines) is 1. The van der Waals surface area contributed by atoms with Crippen LogP contribution in [0.15, 0.2) is 17.0 Å². The van der Waals surface area contributed by atoms with Crippen LogP contribution in [0.2, 0.25) is 0 Å². The summed E-state index contributed by atoms with van der Waals surface area (Å²) in [6, 6.07) is 3.54. The number of rotatable bonds is 3. The van der Waals surface area contributed by atoms with Gasteiger partial charge in [-0.25, -0.2) is 13.6 Å². The van der Waals surface area contributed by atoms with Crippen LogP contribution in [0.1, 0.15) is 34.8 Å². The number of hydrogen-bond donors (Lipinski definition) is 1. The number of morpholine rings is 1. The quantitative estimate of drug-likeness (QED) is 0.839. The average Bonchev–Trinajstić information content (AvgIpc) is 2.97. The van der Waals surface area contributed by atoms with Crippen molar-refractivity contribution in [3.8, 4) is 0 Å². The largest absolute Gasteiger partial charge is 0.379 e. The van der Waals surface area contributed by atoms with E-state index in [1.54, 1.807) is 19.9 Å². The molecule has 0 unspecified atom stereocenters. The van der Waals surface area contributed by atoms with Gasteiger partial charge in [0.1, 0.15) is 0 Å². The van der Waals surface area contributed by atoms with Crippen molar-refractivity contribution in [2.24, 2.45) is 5.14 Å². The number of aryl methyl sites for hydroxylation is 1. The van der Waals surface area contributed by atoms with Crippen molar-refractivity contribution in [2.75, 3.05) is 32.8 Å². The maximum absolute atomic E-state index is 13.1. The Hall–Kier alpha value is -1.48. The zero-order valence-electron chi connectivity index (χ0n) is 15.6. The smallest absolute Gasteiger partial charge is 0.254 e.